The van der Waals surface area contributed by atoms with E-state index in [1.807, 2.05) is 0 Å². The molecular formula is C15H13ClN2O5S. The molecule has 0 aliphatic carbocycles. The standard InChI is InChI=1S/C15H13ClN2O5S/c1-9(10-4-2-3-5-11(10)16)17-13(19)8-23-15(20)12-6-7-14(24-12)18(21)22/h2-7,9H,8H2,1H3,(H,17,19)/t9-/m0/s1. The lowest BCUT2D eigenvalue weighted by atomic mass is 10.1. The van der Waals surface area contributed by atoms with E-state index < -0.39 is 23.4 Å². The fourth-order valence-corrected chi connectivity index (χ4v) is 2.94. The number of esters is 1. The number of nitrogens with zero attached hydrogens (tertiary/aromatic N) is 1. The molecule has 0 fully saturated rings. The Bertz CT molecular complexity index is 777. The average Bonchev–Trinajstić information content (AvgIpc) is 3.03. The Morgan fingerprint density at radius 2 is 2.04 bits per heavy atom. The molecule has 1 amide bonds. The maximum absolute atomic E-state index is 11.9. The number of halogens is 1. The molecule has 9 heteroatoms. The molecule has 1 N–H and O–H groups in total. The van der Waals surface area contributed by atoms with E-state index in [-0.39, 0.29) is 15.9 Å². The first-order valence-electron chi connectivity index (χ1n) is 6.83. The Morgan fingerprint density at radius 3 is 2.67 bits per heavy atom. The van der Waals surface area contributed by atoms with Crippen molar-refractivity contribution in [3.8, 4) is 0 Å². The summed E-state index contributed by atoms with van der Waals surface area (Å²) in [5.74, 6) is -1.28. The molecule has 24 heavy (non-hydrogen) atoms. The van der Waals surface area contributed by atoms with Crippen LogP contribution in [0, 0.1) is 10.1 Å². The zero-order valence-electron chi connectivity index (χ0n) is 12.5. The largest absolute Gasteiger partial charge is 0.451 e. The third-order valence-corrected chi connectivity index (χ3v) is 4.42. The number of nitro groups is 1. The molecule has 0 aliphatic rings. The summed E-state index contributed by atoms with van der Waals surface area (Å²) in [6, 6.07) is 9.22. The lowest BCUT2D eigenvalue weighted by molar-refractivity contribution is -0.380. The van der Waals surface area contributed by atoms with Crippen molar-refractivity contribution in [2.24, 2.45) is 0 Å². The van der Waals surface area contributed by atoms with Gasteiger partial charge < -0.3 is 10.1 Å². The third kappa shape index (κ3) is 4.53. The van der Waals surface area contributed by atoms with Gasteiger partial charge >= 0.3 is 11.0 Å². The van der Waals surface area contributed by atoms with Crippen LogP contribution >= 0.6 is 22.9 Å². The summed E-state index contributed by atoms with van der Waals surface area (Å²) in [7, 11) is 0. The number of carbonyl (C=O) groups is 2. The molecular weight excluding hydrogens is 356 g/mol. The first kappa shape index (κ1) is 17.9. The van der Waals surface area contributed by atoms with Crippen molar-refractivity contribution in [1.29, 1.82) is 0 Å². The van der Waals surface area contributed by atoms with Crippen LogP contribution < -0.4 is 5.32 Å². The maximum Gasteiger partial charge on any atom is 0.349 e. The SMILES string of the molecule is C[C@H](NC(=O)COC(=O)c1ccc([N+](=O)[O-])s1)c1ccccc1Cl. The molecule has 0 saturated carbocycles. The highest BCUT2D eigenvalue weighted by molar-refractivity contribution is 7.17. The van der Waals surface area contributed by atoms with Gasteiger partial charge in [-0.05, 0) is 24.6 Å². The quantitative estimate of drug-likeness (QED) is 0.479. The number of hydrogen-bond acceptors (Lipinski definition) is 6. The second kappa shape index (κ2) is 7.89. The lowest BCUT2D eigenvalue weighted by Gasteiger charge is -2.15. The van der Waals surface area contributed by atoms with Crippen molar-refractivity contribution >= 4 is 39.8 Å². The zero-order chi connectivity index (χ0) is 17.7. The van der Waals surface area contributed by atoms with E-state index in [0.717, 1.165) is 5.56 Å². The Hall–Kier alpha value is -2.45. The summed E-state index contributed by atoms with van der Waals surface area (Å²) in [6.45, 7) is 1.27. The summed E-state index contributed by atoms with van der Waals surface area (Å²) in [5.41, 5.74) is 0.743. The monoisotopic (exact) mass is 368 g/mol. The van der Waals surface area contributed by atoms with E-state index in [9.17, 15) is 19.7 Å². The van der Waals surface area contributed by atoms with Crippen molar-refractivity contribution in [1.82, 2.24) is 5.32 Å². The highest BCUT2D eigenvalue weighted by Crippen LogP contribution is 2.24. The predicted molar refractivity (Wildman–Crippen MR) is 89.3 cm³/mol. The fourth-order valence-electron chi connectivity index (χ4n) is 1.92. The molecule has 0 bridgehead atoms. The Morgan fingerprint density at radius 1 is 1.33 bits per heavy atom. The Kier molecular flexibility index (Phi) is 5.88. The molecule has 1 atom stereocenters. The normalized spacial score (nSPS) is 11.6. The molecule has 2 rings (SSSR count). The summed E-state index contributed by atoms with van der Waals surface area (Å²) < 4.78 is 4.85. The number of carbonyl (C=O) groups excluding carboxylic acids is 2. The van der Waals surface area contributed by atoms with Crippen molar-refractivity contribution in [3.05, 3.63) is 62.0 Å². The first-order valence-corrected chi connectivity index (χ1v) is 8.03. The smallest absolute Gasteiger partial charge is 0.349 e. The predicted octanol–water partition coefficient (Wildman–Crippen LogP) is 3.34. The molecule has 126 valence electrons. The van der Waals surface area contributed by atoms with E-state index in [1.54, 1.807) is 31.2 Å². The van der Waals surface area contributed by atoms with Crippen LogP contribution in [-0.2, 0) is 9.53 Å². The molecule has 1 aromatic carbocycles. The topological polar surface area (TPSA) is 98.5 Å². The molecule has 2 aromatic rings. The van der Waals surface area contributed by atoms with Gasteiger partial charge in [-0.25, -0.2) is 4.79 Å². The van der Waals surface area contributed by atoms with Gasteiger partial charge in [0, 0.05) is 11.1 Å². The second-order valence-electron chi connectivity index (χ2n) is 4.78. The Balaban J connectivity index is 1.87. The number of benzene rings is 1. The summed E-state index contributed by atoms with van der Waals surface area (Å²) >= 11 is 6.74. The van der Waals surface area contributed by atoms with Gasteiger partial charge in [-0.2, -0.15) is 0 Å². The highest BCUT2D eigenvalue weighted by Gasteiger charge is 2.18. The van der Waals surface area contributed by atoms with Gasteiger partial charge in [0.15, 0.2) is 6.61 Å². The van der Waals surface area contributed by atoms with E-state index in [2.05, 4.69) is 5.32 Å². The van der Waals surface area contributed by atoms with Crippen LogP contribution in [-0.4, -0.2) is 23.4 Å². The van der Waals surface area contributed by atoms with Gasteiger partial charge in [0.1, 0.15) is 4.88 Å². The summed E-state index contributed by atoms with van der Waals surface area (Å²) in [5, 5.41) is 13.6. The maximum atomic E-state index is 11.9. The number of ether oxygens (including phenoxy) is 1. The van der Waals surface area contributed by atoms with Crippen molar-refractivity contribution < 1.29 is 19.2 Å². The lowest BCUT2D eigenvalue weighted by Crippen LogP contribution is -2.31. The van der Waals surface area contributed by atoms with Gasteiger partial charge in [-0.3, -0.25) is 14.9 Å². The molecule has 7 nitrogen and oxygen atoms in total. The minimum atomic E-state index is -0.784. The van der Waals surface area contributed by atoms with Gasteiger partial charge in [-0.15, -0.1) is 0 Å². The third-order valence-electron chi connectivity index (χ3n) is 3.06. The van der Waals surface area contributed by atoms with Gasteiger partial charge in [-0.1, -0.05) is 41.1 Å². The number of amides is 1. The van der Waals surface area contributed by atoms with Crippen molar-refractivity contribution in [2.45, 2.75) is 13.0 Å². The minimum Gasteiger partial charge on any atom is -0.451 e. The zero-order valence-corrected chi connectivity index (χ0v) is 14.1. The molecule has 0 unspecified atom stereocenters. The average molecular weight is 369 g/mol. The van der Waals surface area contributed by atoms with E-state index in [0.29, 0.717) is 16.4 Å². The second-order valence-corrected chi connectivity index (χ2v) is 6.25. The van der Waals surface area contributed by atoms with Crippen LogP contribution in [0.25, 0.3) is 0 Å². The van der Waals surface area contributed by atoms with Crippen LogP contribution in [0.5, 0.6) is 0 Å². The summed E-state index contributed by atoms with van der Waals surface area (Å²) in [4.78, 5) is 33.7. The number of nitrogens with one attached hydrogen (secondary N) is 1. The van der Waals surface area contributed by atoms with Crippen LogP contribution in [0.1, 0.15) is 28.2 Å². The van der Waals surface area contributed by atoms with Crippen LogP contribution in [0.3, 0.4) is 0 Å². The molecule has 0 radical (unpaired) electrons. The molecule has 1 heterocycles. The summed E-state index contributed by atoms with van der Waals surface area (Å²) in [6.07, 6.45) is 0. The number of thiophene rings is 1. The van der Waals surface area contributed by atoms with Gasteiger partial charge in [0.2, 0.25) is 0 Å². The van der Waals surface area contributed by atoms with E-state index in [4.69, 9.17) is 16.3 Å². The Labute approximate surface area is 146 Å². The molecule has 0 saturated heterocycles. The van der Waals surface area contributed by atoms with Gasteiger partial charge in [0.25, 0.3) is 5.91 Å². The van der Waals surface area contributed by atoms with Crippen LogP contribution in [0.4, 0.5) is 5.00 Å². The van der Waals surface area contributed by atoms with E-state index in [1.165, 1.54) is 12.1 Å². The number of rotatable bonds is 6. The van der Waals surface area contributed by atoms with Crippen LogP contribution in [0.15, 0.2) is 36.4 Å². The fraction of sp³-hybridized carbons (Fsp3) is 0.200. The molecule has 0 spiro atoms. The minimum absolute atomic E-state index is 0.0636. The van der Waals surface area contributed by atoms with Crippen molar-refractivity contribution in [2.75, 3.05) is 6.61 Å². The molecule has 0 aliphatic heterocycles. The van der Waals surface area contributed by atoms with E-state index >= 15 is 0 Å². The first-order chi connectivity index (χ1) is 11.4. The molecule has 1 aromatic heterocycles. The highest BCUT2D eigenvalue weighted by atomic mass is 35.5. The van der Waals surface area contributed by atoms with Crippen molar-refractivity contribution in [3.63, 3.8) is 0 Å². The van der Waals surface area contributed by atoms with Crippen LogP contribution in [0.2, 0.25) is 5.02 Å². The van der Waals surface area contributed by atoms with Gasteiger partial charge in [0.05, 0.1) is 11.0 Å². The number of hydrogen-bond donors (Lipinski definition) is 1.